The molecule has 1 N–H and O–H groups in total. The standard InChI is InChI=1S/C13H15BrClNO3/c1-7(2)11(13(18)19-3)16-12(17)9-5-4-8(15)6-10(9)14/h4-7,11H,1-3H3,(H,16,17). The van der Waals surface area contributed by atoms with Gasteiger partial charge in [0.25, 0.3) is 5.91 Å². The first kappa shape index (κ1) is 16.0. The van der Waals surface area contributed by atoms with Crippen molar-refractivity contribution in [3.8, 4) is 0 Å². The number of ether oxygens (including phenoxy) is 1. The van der Waals surface area contributed by atoms with Gasteiger partial charge in [-0.1, -0.05) is 25.4 Å². The number of hydrogen-bond acceptors (Lipinski definition) is 3. The summed E-state index contributed by atoms with van der Waals surface area (Å²) in [5.41, 5.74) is 0.416. The van der Waals surface area contributed by atoms with Crippen LogP contribution < -0.4 is 5.32 Å². The van der Waals surface area contributed by atoms with E-state index in [-0.39, 0.29) is 11.8 Å². The van der Waals surface area contributed by atoms with Gasteiger partial charge in [-0.05, 0) is 40.0 Å². The first-order valence-corrected chi connectivity index (χ1v) is 6.87. The highest BCUT2D eigenvalue weighted by atomic mass is 79.9. The minimum absolute atomic E-state index is 0.0672. The summed E-state index contributed by atoms with van der Waals surface area (Å²) in [7, 11) is 1.29. The Morgan fingerprint density at radius 2 is 2.00 bits per heavy atom. The van der Waals surface area contributed by atoms with E-state index in [0.717, 1.165) is 0 Å². The highest BCUT2D eigenvalue weighted by molar-refractivity contribution is 9.10. The molecule has 6 heteroatoms. The van der Waals surface area contributed by atoms with Crippen LogP contribution in [-0.2, 0) is 9.53 Å². The molecular formula is C13H15BrClNO3. The monoisotopic (exact) mass is 347 g/mol. The lowest BCUT2D eigenvalue weighted by atomic mass is 10.0. The second kappa shape index (κ2) is 6.91. The van der Waals surface area contributed by atoms with Gasteiger partial charge in [0, 0.05) is 9.50 Å². The van der Waals surface area contributed by atoms with Crippen LogP contribution in [0.4, 0.5) is 0 Å². The van der Waals surface area contributed by atoms with E-state index in [9.17, 15) is 9.59 Å². The molecule has 0 bridgehead atoms. The van der Waals surface area contributed by atoms with Gasteiger partial charge in [0.15, 0.2) is 0 Å². The van der Waals surface area contributed by atoms with Crippen LogP contribution in [0.2, 0.25) is 5.02 Å². The highest BCUT2D eigenvalue weighted by Gasteiger charge is 2.25. The fourth-order valence-corrected chi connectivity index (χ4v) is 2.38. The Morgan fingerprint density at radius 3 is 2.47 bits per heavy atom. The zero-order valence-corrected chi connectivity index (χ0v) is 13.2. The molecular weight excluding hydrogens is 334 g/mol. The second-order valence-corrected chi connectivity index (χ2v) is 5.63. The number of methoxy groups -OCH3 is 1. The maximum atomic E-state index is 12.1. The van der Waals surface area contributed by atoms with Crippen molar-refractivity contribution in [1.29, 1.82) is 0 Å². The summed E-state index contributed by atoms with van der Waals surface area (Å²) in [6.07, 6.45) is 0. The third-order valence-corrected chi connectivity index (χ3v) is 3.48. The Morgan fingerprint density at radius 1 is 1.37 bits per heavy atom. The summed E-state index contributed by atoms with van der Waals surface area (Å²) in [5, 5.41) is 3.18. The van der Waals surface area contributed by atoms with Crippen molar-refractivity contribution < 1.29 is 14.3 Å². The van der Waals surface area contributed by atoms with Crippen LogP contribution in [0.5, 0.6) is 0 Å². The minimum Gasteiger partial charge on any atom is -0.467 e. The zero-order chi connectivity index (χ0) is 14.6. The van der Waals surface area contributed by atoms with Gasteiger partial charge in [-0.2, -0.15) is 0 Å². The molecule has 4 nitrogen and oxygen atoms in total. The normalized spacial score (nSPS) is 12.1. The largest absolute Gasteiger partial charge is 0.467 e. The van der Waals surface area contributed by atoms with Gasteiger partial charge < -0.3 is 10.1 Å². The van der Waals surface area contributed by atoms with Gasteiger partial charge in [0.1, 0.15) is 6.04 Å². The molecule has 0 spiro atoms. The van der Waals surface area contributed by atoms with Gasteiger partial charge in [0.2, 0.25) is 0 Å². The average Bonchev–Trinajstić information content (AvgIpc) is 2.34. The molecule has 0 saturated heterocycles. The molecule has 0 saturated carbocycles. The number of carbonyl (C=O) groups excluding carboxylic acids is 2. The molecule has 0 aliphatic carbocycles. The number of hydrogen-bond donors (Lipinski definition) is 1. The van der Waals surface area contributed by atoms with E-state index in [2.05, 4.69) is 26.0 Å². The molecule has 0 aliphatic heterocycles. The van der Waals surface area contributed by atoms with E-state index in [0.29, 0.717) is 15.1 Å². The Kier molecular flexibility index (Phi) is 5.82. The van der Waals surface area contributed by atoms with Gasteiger partial charge in [-0.15, -0.1) is 0 Å². The number of carbonyl (C=O) groups is 2. The number of esters is 1. The predicted molar refractivity (Wildman–Crippen MR) is 77.3 cm³/mol. The predicted octanol–water partition coefficient (Wildman–Crippen LogP) is 3.03. The van der Waals surface area contributed by atoms with Crippen LogP contribution in [0.3, 0.4) is 0 Å². The summed E-state index contributed by atoms with van der Waals surface area (Å²) < 4.78 is 5.25. The first-order chi connectivity index (χ1) is 8.86. The molecule has 19 heavy (non-hydrogen) atoms. The third-order valence-electron chi connectivity index (χ3n) is 2.58. The Balaban J connectivity index is 2.91. The van der Waals surface area contributed by atoms with E-state index in [1.54, 1.807) is 18.2 Å². The quantitative estimate of drug-likeness (QED) is 0.851. The maximum Gasteiger partial charge on any atom is 0.328 e. The SMILES string of the molecule is COC(=O)C(NC(=O)c1ccc(Cl)cc1Br)C(C)C. The van der Waals surface area contributed by atoms with Crippen molar-refractivity contribution in [3.05, 3.63) is 33.3 Å². The lowest BCUT2D eigenvalue weighted by Gasteiger charge is -2.20. The smallest absolute Gasteiger partial charge is 0.328 e. The van der Waals surface area contributed by atoms with E-state index in [4.69, 9.17) is 11.6 Å². The molecule has 0 fully saturated rings. The van der Waals surface area contributed by atoms with Crippen molar-refractivity contribution >= 4 is 39.4 Å². The van der Waals surface area contributed by atoms with Crippen molar-refractivity contribution in [3.63, 3.8) is 0 Å². The van der Waals surface area contributed by atoms with Gasteiger partial charge in [0.05, 0.1) is 12.7 Å². The number of rotatable bonds is 4. The molecule has 1 atom stereocenters. The molecule has 0 heterocycles. The Hall–Kier alpha value is -1.07. The molecule has 1 aromatic carbocycles. The van der Waals surface area contributed by atoms with Crippen molar-refractivity contribution in [2.45, 2.75) is 19.9 Å². The summed E-state index contributed by atoms with van der Waals surface area (Å²) in [4.78, 5) is 23.7. The Labute approximate surface area is 125 Å². The molecule has 1 rings (SSSR count). The Bertz CT molecular complexity index is 491. The summed E-state index contributed by atoms with van der Waals surface area (Å²) in [5.74, 6) is -0.886. The summed E-state index contributed by atoms with van der Waals surface area (Å²) >= 11 is 9.08. The van der Waals surface area contributed by atoms with Gasteiger partial charge >= 0.3 is 5.97 Å². The van der Waals surface area contributed by atoms with Crippen LogP contribution in [0.15, 0.2) is 22.7 Å². The fraction of sp³-hybridized carbons (Fsp3) is 0.385. The average molecular weight is 349 g/mol. The van der Waals surface area contributed by atoms with Gasteiger partial charge in [-0.3, -0.25) is 4.79 Å². The number of benzene rings is 1. The van der Waals surface area contributed by atoms with Crippen LogP contribution >= 0.6 is 27.5 Å². The lowest BCUT2D eigenvalue weighted by Crippen LogP contribution is -2.45. The van der Waals surface area contributed by atoms with Crippen LogP contribution in [0.25, 0.3) is 0 Å². The van der Waals surface area contributed by atoms with Crippen molar-refractivity contribution in [2.24, 2.45) is 5.92 Å². The van der Waals surface area contributed by atoms with Gasteiger partial charge in [-0.25, -0.2) is 4.79 Å². The molecule has 1 aromatic rings. The van der Waals surface area contributed by atoms with E-state index >= 15 is 0 Å². The molecule has 1 unspecified atom stereocenters. The molecule has 1 amide bonds. The molecule has 0 radical (unpaired) electrons. The maximum absolute atomic E-state index is 12.1. The molecule has 0 aliphatic rings. The van der Waals surface area contributed by atoms with E-state index in [1.165, 1.54) is 7.11 Å². The number of nitrogens with one attached hydrogen (secondary N) is 1. The molecule has 104 valence electrons. The summed E-state index contributed by atoms with van der Waals surface area (Å²) in [6.45, 7) is 3.66. The fourth-order valence-electron chi connectivity index (χ4n) is 1.52. The third kappa shape index (κ3) is 4.21. The number of halogens is 2. The van der Waals surface area contributed by atoms with Crippen molar-refractivity contribution in [1.82, 2.24) is 5.32 Å². The summed E-state index contributed by atoms with van der Waals surface area (Å²) in [6, 6.07) is 4.15. The van der Waals surface area contributed by atoms with Crippen LogP contribution in [0.1, 0.15) is 24.2 Å². The van der Waals surface area contributed by atoms with Crippen molar-refractivity contribution in [2.75, 3.05) is 7.11 Å². The number of amides is 1. The van der Waals surface area contributed by atoms with E-state index in [1.807, 2.05) is 13.8 Å². The zero-order valence-electron chi connectivity index (χ0n) is 10.9. The lowest BCUT2D eigenvalue weighted by molar-refractivity contribution is -0.144. The molecule has 0 aromatic heterocycles. The topological polar surface area (TPSA) is 55.4 Å². The second-order valence-electron chi connectivity index (χ2n) is 4.34. The van der Waals surface area contributed by atoms with Crippen LogP contribution in [0, 0.1) is 5.92 Å². The van der Waals surface area contributed by atoms with Crippen LogP contribution in [-0.4, -0.2) is 25.0 Å². The van der Waals surface area contributed by atoms with E-state index < -0.39 is 12.0 Å². The first-order valence-electron chi connectivity index (χ1n) is 5.70. The highest BCUT2D eigenvalue weighted by Crippen LogP contribution is 2.21. The minimum atomic E-state index is -0.680.